The molecule has 144 valence electrons. The van der Waals surface area contributed by atoms with Crippen molar-refractivity contribution in [3.63, 3.8) is 0 Å². The molecule has 7 heteroatoms. The number of rotatable bonds is 9. The molecule has 0 atom stereocenters. The van der Waals surface area contributed by atoms with Gasteiger partial charge < -0.3 is 10.1 Å². The van der Waals surface area contributed by atoms with Crippen LogP contribution in [0.25, 0.3) is 0 Å². The monoisotopic (exact) mass is 363 g/mol. The van der Waals surface area contributed by atoms with E-state index in [0.717, 1.165) is 43.5 Å². The summed E-state index contributed by atoms with van der Waals surface area (Å²) < 4.78 is 5.26. The van der Waals surface area contributed by atoms with Gasteiger partial charge in [0.05, 0.1) is 4.92 Å². The van der Waals surface area contributed by atoms with Crippen LogP contribution in [-0.2, 0) is 16.1 Å². The second kappa shape index (κ2) is 10.2. The van der Waals surface area contributed by atoms with Crippen molar-refractivity contribution in [3.8, 4) is 0 Å². The van der Waals surface area contributed by atoms with E-state index in [1.165, 1.54) is 0 Å². The van der Waals surface area contributed by atoms with Crippen molar-refractivity contribution < 1.29 is 14.5 Å². The number of nitrogens with one attached hydrogen (secondary N) is 1. The molecule has 1 heterocycles. The maximum absolute atomic E-state index is 12.2. The van der Waals surface area contributed by atoms with Crippen LogP contribution < -0.4 is 5.32 Å². The Morgan fingerprint density at radius 3 is 2.77 bits per heavy atom. The summed E-state index contributed by atoms with van der Waals surface area (Å²) in [7, 11) is 0. The Hall–Kier alpha value is -1.99. The van der Waals surface area contributed by atoms with Crippen LogP contribution in [0.4, 0.5) is 5.69 Å². The second-order valence-corrected chi connectivity index (χ2v) is 6.71. The Bertz CT molecular complexity index is 613. The van der Waals surface area contributed by atoms with Crippen molar-refractivity contribution in [2.24, 2.45) is 5.92 Å². The molecular weight excluding hydrogens is 334 g/mol. The van der Waals surface area contributed by atoms with E-state index in [0.29, 0.717) is 26.3 Å². The van der Waals surface area contributed by atoms with Gasteiger partial charge in [0.2, 0.25) is 5.91 Å². The third kappa shape index (κ3) is 5.78. The zero-order chi connectivity index (χ0) is 18.9. The molecule has 1 saturated heterocycles. The fourth-order valence-corrected chi connectivity index (χ4v) is 3.31. The molecule has 0 aliphatic carbocycles. The molecule has 1 N–H and O–H groups in total. The number of hydrogen-bond acceptors (Lipinski definition) is 5. The molecule has 7 nitrogen and oxygen atoms in total. The van der Waals surface area contributed by atoms with E-state index >= 15 is 0 Å². The summed E-state index contributed by atoms with van der Waals surface area (Å²) in [5, 5.41) is 14.1. The number of ether oxygens (including phenoxy) is 1. The summed E-state index contributed by atoms with van der Waals surface area (Å²) in [5.74, 6) is 0.192. The molecule has 1 aromatic rings. The van der Waals surface area contributed by atoms with Gasteiger partial charge in [0.15, 0.2) is 0 Å². The van der Waals surface area contributed by atoms with Crippen LogP contribution >= 0.6 is 0 Å². The molecule has 1 amide bonds. The Balaban J connectivity index is 1.77. The van der Waals surface area contributed by atoms with Crippen LogP contribution in [-0.4, -0.2) is 48.6 Å². The lowest BCUT2D eigenvalue weighted by molar-refractivity contribution is -0.385. The van der Waals surface area contributed by atoms with Crippen LogP contribution in [0.2, 0.25) is 0 Å². The van der Waals surface area contributed by atoms with E-state index in [-0.39, 0.29) is 22.4 Å². The molecule has 26 heavy (non-hydrogen) atoms. The maximum Gasteiger partial charge on any atom is 0.272 e. The van der Waals surface area contributed by atoms with Crippen LogP contribution in [0.15, 0.2) is 18.2 Å². The van der Waals surface area contributed by atoms with E-state index in [4.69, 9.17) is 4.74 Å². The summed E-state index contributed by atoms with van der Waals surface area (Å²) in [6.45, 7) is 8.16. The first-order valence-corrected chi connectivity index (χ1v) is 9.33. The minimum Gasteiger partial charge on any atom is -0.382 e. The molecule has 1 fully saturated rings. The molecule has 0 spiro atoms. The van der Waals surface area contributed by atoms with Crippen LogP contribution in [0.5, 0.6) is 0 Å². The predicted molar refractivity (Wildman–Crippen MR) is 100.0 cm³/mol. The Morgan fingerprint density at radius 2 is 2.12 bits per heavy atom. The zero-order valence-corrected chi connectivity index (χ0v) is 15.7. The molecule has 0 saturated carbocycles. The van der Waals surface area contributed by atoms with E-state index in [2.05, 4.69) is 10.2 Å². The van der Waals surface area contributed by atoms with Gasteiger partial charge in [-0.3, -0.25) is 19.8 Å². The van der Waals surface area contributed by atoms with Crippen LogP contribution in [0.3, 0.4) is 0 Å². The van der Waals surface area contributed by atoms with Crippen molar-refractivity contribution in [2.45, 2.75) is 39.7 Å². The third-order valence-corrected chi connectivity index (χ3v) is 4.94. The molecule has 0 aromatic heterocycles. The summed E-state index contributed by atoms with van der Waals surface area (Å²) in [6.07, 6.45) is 2.49. The van der Waals surface area contributed by atoms with Gasteiger partial charge in [-0.1, -0.05) is 12.1 Å². The molecule has 1 aliphatic rings. The van der Waals surface area contributed by atoms with Gasteiger partial charge in [0, 0.05) is 43.9 Å². The number of piperidine rings is 1. The van der Waals surface area contributed by atoms with E-state index in [9.17, 15) is 14.9 Å². The topological polar surface area (TPSA) is 84.7 Å². The summed E-state index contributed by atoms with van der Waals surface area (Å²) in [4.78, 5) is 25.2. The van der Waals surface area contributed by atoms with Gasteiger partial charge in [-0.05, 0) is 51.8 Å². The summed E-state index contributed by atoms with van der Waals surface area (Å²) in [5.41, 5.74) is 1.88. The zero-order valence-electron chi connectivity index (χ0n) is 15.7. The number of likely N-dealkylation sites (tertiary alicyclic amines) is 1. The highest BCUT2D eigenvalue weighted by Gasteiger charge is 2.25. The SMILES string of the molecule is CCOCCCNC(=O)C1CCN(Cc2cccc([N+](=O)[O-])c2C)CC1. The molecule has 1 aliphatic heterocycles. The van der Waals surface area contributed by atoms with Gasteiger partial charge >= 0.3 is 0 Å². The fraction of sp³-hybridized carbons (Fsp3) is 0.632. The number of benzene rings is 1. The van der Waals surface area contributed by atoms with E-state index in [1.54, 1.807) is 19.1 Å². The number of nitrogens with zero attached hydrogens (tertiary/aromatic N) is 2. The Kier molecular flexibility index (Phi) is 8.00. The average Bonchev–Trinajstić information content (AvgIpc) is 2.63. The van der Waals surface area contributed by atoms with Crippen LogP contribution in [0.1, 0.15) is 37.3 Å². The third-order valence-electron chi connectivity index (χ3n) is 4.94. The van der Waals surface area contributed by atoms with Crippen molar-refractivity contribution in [1.29, 1.82) is 0 Å². The highest BCUT2D eigenvalue weighted by Crippen LogP contribution is 2.24. The number of nitro benzene ring substituents is 1. The maximum atomic E-state index is 12.2. The molecule has 2 rings (SSSR count). The molecular formula is C19H29N3O4. The van der Waals surface area contributed by atoms with Gasteiger partial charge in [-0.15, -0.1) is 0 Å². The smallest absolute Gasteiger partial charge is 0.272 e. The lowest BCUT2D eigenvalue weighted by Gasteiger charge is -2.31. The van der Waals surface area contributed by atoms with E-state index < -0.39 is 0 Å². The first kappa shape index (κ1) is 20.3. The highest BCUT2D eigenvalue weighted by molar-refractivity contribution is 5.78. The van der Waals surface area contributed by atoms with Gasteiger partial charge in [0.25, 0.3) is 5.69 Å². The first-order valence-electron chi connectivity index (χ1n) is 9.33. The van der Waals surface area contributed by atoms with Gasteiger partial charge in [0.1, 0.15) is 0 Å². The van der Waals surface area contributed by atoms with Crippen LogP contribution in [0, 0.1) is 23.0 Å². The van der Waals surface area contributed by atoms with Crippen molar-refractivity contribution >= 4 is 11.6 Å². The lowest BCUT2D eigenvalue weighted by Crippen LogP contribution is -2.40. The van der Waals surface area contributed by atoms with Crippen molar-refractivity contribution in [3.05, 3.63) is 39.4 Å². The van der Waals surface area contributed by atoms with Crippen molar-refractivity contribution in [1.82, 2.24) is 10.2 Å². The molecule has 0 bridgehead atoms. The highest BCUT2D eigenvalue weighted by atomic mass is 16.6. The predicted octanol–water partition coefficient (Wildman–Crippen LogP) is 2.66. The number of amides is 1. The van der Waals surface area contributed by atoms with Crippen molar-refractivity contribution in [2.75, 3.05) is 32.8 Å². The quantitative estimate of drug-likeness (QED) is 0.414. The average molecular weight is 363 g/mol. The lowest BCUT2D eigenvalue weighted by atomic mass is 9.95. The Morgan fingerprint density at radius 1 is 1.38 bits per heavy atom. The number of hydrogen-bond donors (Lipinski definition) is 1. The number of carbonyl (C=O) groups is 1. The Labute approximate surface area is 154 Å². The minimum absolute atomic E-state index is 0.0598. The minimum atomic E-state index is -0.332. The number of nitro groups is 1. The largest absolute Gasteiger partial charge is 0.382 e. The molecule has 0 radical (unpaired) electrons. The molecule has 1 aromatic carbocycles. The first-order chi connectivity index (χ1) is 12.5. The summed E-state index contributed by atoms with van der Waals surface area (Å²) >= 11 is 0. The normalized spacial score (nSPS) is 15.8. The van der Waals surface area contributed by atoms with Gasteiger partial charge in [-0.2, -0.15) is 0 Å². The van der Waals surface area contributed by atoms with E-state index in [1.807, 2.05) is 13.0 Å². The standard InChI is InChI=1S/C19H29N3O4/c1-3-26-13-5-10-20-19(23)16-8-11-21(12-9-16)14-17-6-4-7-18(15(17)2)22(24)25/h4,6-7,16H,3,5,8-14H2,1-2H3,(H,20,23). The molecule has 0 unspecified atom stereocenters. The number of carbonyl (C=O) groups excluding carboxylic acids is 1. The fourth-order valence-electron chi connectivity index (χ4n) is 3.31. The summed E-state index contributed by atoms with van der Waals surface area (Å²) in [6, 6.07) is 5.23. The second-order valence-electron chi connectivity index (χ2n) is 6.71. The van der Waals surface area contributed by atoms with Gasteiger partial charge in [-0.25, -0.2) is 0 Å².